The second kappa shape index (κ2) is 5.36. The zero-order chi connectivity index (χ0) is 14.0. The maximum atomic E-state index is 12.0. The average Bonchev–Trinajstić information content (AvgIpc) is 3.22. The van der Waals surface area contributed by atoms with Crippen molar-refractivity contribution < 1.29 is 14.8 Å². The van der Waals surface area contributed by atoms with E-state index in [9.17, 15) is 20.0 Å². The van der Waals surface area contributed by atoms with Crippen molar-refractivity contribution in [3.63, 3.8) is 0 Å². The molecule has 0 heterocycles. The number of rotatable bonds is 5. The number of aliphatic hydroxyl groups is 1. The maximum Gasteiger partial charge on any atom is 0.269 e. The molecule has 0 spiro atoms. The predicted molar refractivity (Wildman–Crippen MR) is 68.8 cm³/mol. The van der Waals surface area contributed by atoms with Crippen molar-refractivity contribution >= 4 is 11.6 Å². The summed E-state index contributed by atoms with van der Waals surface area (Å²) in [4.78, 5) is 23.5. The minimum atomic E-state index is -0.505. The van der Waals surface area contributed by atoms with Gasteiger partial charge in [-0.1, -0.05) is 0 Å². The maximum absolute atomic E-state index is 12.0. The summed E-state index contributed by atoms with van der Waals surface area (Å²) in [6, 6.07) is 5.47. The molecule has 1 aromatic rings. The summed E-state index contributed by atoms with van der Waals surface area (Å²) in [6.07, 6.45) is 1.55. The van der Waals surface area contributed by atoms with Crippen LogP contribution in [0.4, 0.5) is 5.69 Å². The van der Waals surface area contributed by atoms with Gasteiger partial charge in [-0.2, -0.15) is 0 Å². The number of nitro groups is 1. The molecule has 0 aromatic heterocycles. The molecule has 19 heavy (non-hydrogen) atoms. The van der Waals surface area contributed by atoms with Crippen LogP contribution in [0.3, 0.4) is 0 Å². The lowest BCUT2D eigenvalue weighted by Gasteiger charge is -2.20. The molecule has 6 nitrogen and oxygen atoms in total. The first-order valence-corrected chi connectivity index (χ1v) is 6.17. The number of nitrogens with zero attached hydrogens (tertiary/aromatic N) is 2. The zero-order valence-corrected chi connectivity index (χ0v) is 10.7. The molecule has 1 aromatic carbocycles. The molecule has 0 aliphatic heterocycles. The van der Waals surface area contributed by atoms with Crippen molar-refractivity contribution in [1.82, 2.24) is 4.90 Å². The van der Waals surface area contributed by atoms with E-state index in [4.69, 9.17) is 0 Å². The van der Waals surface area contributed by atoms with Crippen LogP contribution in [-0.2, 0) is 0 Å². The fourth-order valence-corrected chi connectivity index (χ4v) is 1.94. The molecule has 1 aliphatic rings. The standard InChI is InChI=1S/C13H16N2O4/c1-14(8-12(16)9-2-3-9)13(17)10-4-6-11(7-5-10)15(18)19/h4-7,9,12,16H,2-3,8H2,1H3. The third kappa shape index (κ3) is 3.29. The topological polar surface area (TPSA) is 83.7 Å². The first-order valence-electron chi connectivity index (χ1n) is 6.17. The Kier molecular flexibility index (Phi) is 3.80. The number of carbonyl (C=O) groups is 1. The van der Waals surface area contributed by atoms with Gasteiger partial charge in [-0.3, -0.25) is 14.9 Å². The van der Waals surface area contributed by atoms with Crippen LogP contribution < -0.4 is 0 Å². The van der Waals surface area contributed by atoms with Crippen LogP contribution in [0.2, 0.25) is 0 Å². The molecular formula is C13H16N2O4. The van der Waals surface area contributed by atoms with Crippen LogP contribution >= 0.6 is 0 Å². The third-order valence-corrected chi connectivity index (χ3v) is 3.30. The normalized spacial score (nSPS) is 15.9. The second-order valence-electron chi connectivity index (χ2n) is 4.89. The fraction of sp³-hybridized carbons (Fsp3) is 0.462. The highest BCUT2D eigenvalue weighted by atomic mass is 16.6. The Labute approximate surface area is 110 Å². The van der Waals surface area contributed by atoms with Crippen LogP contribution in [0.25, 0.3) is 0 Å². The first kappa shape index (κ1) is 13.5. The lowest BCUT2D eigenvalue weighted by Crippen LogP contribution is -2.35. The number of nitro benzene ring substituents is 1. The Morgan fingerprint density at radius 3 is 2.53 bits per heavy atom. The molecule has 2 rings (SSSR count). The Bertz CT molecular complexity index is 482. The van der Waals surface area contributed by atoms with Gasteiger partial charge in [0.25, 0.3) is 11.6 Å². The lowest BCUT2D eigenvalue weighted by atomic mass is 10.1. The number of carbonyl (C=O) groups excluding carboxylic acids is 1. The van der Waals surface area contributed by atoms with E-state index in [-0.39, 0.29) is 11.6 Å². The minimum Gasteiger partial charge on any atom is -0.391 e. The van der Waals surface area contributed by atoms with Crippen LogP contribution in [0.15, 0.2) is 24.3 Å². The summed E-state index contributed by atoms with van der Waals surface area (Å²) in [5.74, 6) is 0.0710. The van der Waals surface area contributed by atoms with Gasteiger partial charge in [0, 0.05) is 31.3 Å². The molecule has 1 aliphatic carbocycles. The Balaban J connectivity index is 1.99. The molecule has 1 amide bonds. The van der Waals surface area contributed by atoms with Crippen LogP contribution in [0.1, 0.15) is 23.2 Å². The van der Waals surface area contributed by atoms with Gasteiger partial charge in [0.15, 0.2) is 0 Å². The summed E-state index contributed by atoms with van der Waals surface area (Å²) in [5.41, 5.74) is 0.341. The lowest BCUT2D eigenvalue weighted by molar-refractivity contribution is -0.384. The van der Waals surface area contributed by atoms with Gasteiger partial charge in [-0.05, 0) is 30.9 Å². The highest BCUT2D eigenvalue weighted by Gasteiger charge is 2.31. The quantitative estimate of drug-likeness (QED) is 0.644. The molecule has 102 valence electrons. The number of hydrogen-bond acceptors (Lipinski definition) is 4. The van der Waals surface area contributed by atoms with Gasteiger partial charge in [0.05, 0.1) is 11.0 Å². The summed E-state index contributed by atoms with van der Waals surface area (Å²) < 4.78 is 0. The largest absolute Gasteiger partial charge is 0.391 e. The zero-order valence-electron chi connectivity index (χ0n) is 10.7. The van der Waals surface area contributed by atoms with Crippen molar-refractivity contribution in [1.29, 1.82) is 0 Å². The van der Waals surface area contributed by atoms with E-state index >= 15 is 0 Å². The van der Waals surface area contributed by atoms with E-state index in [2.05, 4.69) is 0 Å². The van der Waals surface area contributed by atoms with Crippen LogP contribution in [0.5, 0.6) is 0 Å². The predicted octanol–water partition coefficient (Wildman–Crippen LogP) is 1.44. The van der Waals surface area contributed by atoms with Crippen LogP contribution in [-0.4, -0.2) is 40.5 Å². The first-order chi connectivity index (χ1) is 8.99. The molecule has 1 saturated carbocycles. The molecule has 0 saturated heterocycles. The summed E-state index contributed by atoms with van der Waals surface area (Å²) in [5, 5.41) is 20.3. The summed E-state index contributed by atoms with van der Waals surface area (Å²) in [7, 11) is 1.62. The Morgan fingerprint density at radius 1 is 1.47 bits per heavy atom. The molecule has 1 fully saturated rings. The minimum absolute atomic E-state index is 0.0442. The molecule has 1 N–H and O–H groups in total. The second-order valence-corrected chi connectivity index (χ2v) is 4.89. The van der Waals surface area contributed by atoms with Gasteiger partial charge in [0.1, 0.15) is 0 Å². The number of hydrogen-bond donors (Lipinski definition) is 1. The summed E-state index contributed by atoms with van der Waals surface area (Å²) in [6.45, 7) is 0.292. The van der Waals surface area contributed by atoms with Gasteiger partial charge in [-0.15, -0.1) is 0 Å². The van der Waals surface area contributed by atoms with E-state index in [1.165, 1.54) is 29.2 Å². The van der Waals surface area contributed by atoms with E-state index < -0.39 is 11.0 Å². The molecule has 6 heteroatoms. The van der Waals surface area contributed by atoms with Gasteiger partial charge in [0.2, 0.25) is 0 Å². The number of aliphatic hydroxyl groups excluding tert-OH is 1. The monoisotopic (exact) mass is 264 g/mol. The average molecular weight is 264 g/mol. The molecule has 0 radical (unpaired) electrons. The summed E-state index contributed by atoms with van der Waals surface area (Å²) >= 11 is 0. The van der Waals surface area contributed by atoms with E-state index in [1.807, 2.05) is 0 Å². The Morgan fingerprint density at radius 2 is 2.05 bits per heavy atom. The van der Waals surface area contributed by atoms with E-state index in [0.717, 1.165) is 12.8 Å². The fourth-order valence-electron chi connectivity index (χ4n) is 1.94. The van der Waals surface area contributed by atoms with E-state index in [1.54, 1.807) is 7.05 Å². The van der Waals surface area contributed by atoms with Crippen LogP contribution in [0, 0.1) is 16.0 Å². The molecular weight excluding hydrogens is 248 g/mol. The highest BCUT2D eigenvalue weighted by Crippen LogP contribution is 2.32. The van der Waals surface area contributed by atoms with Crippen molar-refractivity contribution in [2.24, 2.45) is 5.92 Å². The molecule has 1 unspecified atom stereocenters. The third-order valence-electron chi connectivity index (χ3n) is 3.30. The smallest absolute Gasteiger partial charge is 0.269 e. The van der Waals surface area contributed by atoms with Gasteiger partial charge < -0.3 is 10.0 Å². The Hall–Kier alpha value is -1.95. The molecule has 0 bridgehead atoms. The van der Waals surface area contributed by atoms with Gasteiger partial charge in [-0.25, -0.2) is 0 Å². The number of benzene rings is 1. The van der Waals surface area contributed by atoms with Crippen molar-refractivity contribution in [3.8, 4) is 0 Å². The number of non-ortho nitro benzene ring substituents is 1. The van der Waals surface area contributed by atoms with Crippen molar-refractivity contribution in [3.05, 3.63) is 39.9 Å². The van der Waals surface area contributed by atoms with Crippen molar-refractivity contribution in [2.45, 2.75) is 18.9 Å². The SMILES string of the molecule is CN(CC(O)C1CC1)C(=O)c1ccc([N+](=O)[O-])cc1. The van der Waals surface area contributed by atoms with Gasteiger partial charge >= 0.3 is 0 Å². The molecule has 1 atom stereocenters. The highest BCUT2D eigenvalue weighted by molar-refractivity contribution is 5.94. The van der Waals surface area contributed by atoms with E-state index in [0.29, 0.717) is 18.0 Å². The van der Waals surface area contributed by atoms with Crippen molar-refractivity contribution in [2.75, 3.05) is 13.6 Å². The number of amides is 1. The number of likely N-dealkylation sites (N-methyl/N-ethyl adjacent to an activating group) is 1.